The molecule has 0 spiro atoms. The van der Waals surface area contributed by atoms with Gasteiger partial charge >= 0.3 is 17.7 Å². The minimum Gasteiger partial charge on any atom is -0.400 e. The topological polar surface area (TPSA) is 139 Å². The van der Waals surface area contributed by atoms with Crippen molar-refractivity contribution in [1.82, 2.24) is 10.9 Å². The van der Waals surface area contributed by atoms with Gasteiger partial charge in [-0.2, -0.15) is 5.10 Å². The molecule has 10 heteroatoms. The van der Waals surface area contributed by atoms with Crippen LogP contribution >= 0.6 is 0 Å². The first kappa shape index (κ1) is 15.7. The standard InChI is InChI=1S/C13H11N5O5/c19-12(13(20)17-15-9-4-2-1-3-5-9)16-14-8-10-6-7-11(23-10)18(21)22/h1-8,15H,(H,16,19)(H,17,20)/b14-8+. The fourth-order valence-electron chi connectivity index (χ4n) is 1.42. The Morgan fingerprint density at radius 1 is 1.13 bits per heavy atom. The highest BCUT2D eigenvalue weighted by Crippen LogP contribution is 2.13. The van der Waals surface area contributed by atoms with Crippen molar-refractivity contribution in [3.05, 3.63) is 58.3 Å². The van der Waals surface area contributed by atoms with Crippen molar-refractivity contribution in [2.75, 3.05) is 5.43 Å². The summed E-state index contributed by atoms with van der Waals surface area (Å²) in [4.78, 5) is 32.6. The lowest BCUT2D eigenvalue weighted by atomic mass is 10.3. The second-order valence-corrected chi connectivity index (χ2v) is 4.08. The third-order valence-electron chi connectivity index (χ3n) is 2.45. The molecular weight excluding hydrogens is 306 g/mol. The number of amides is 2. The quantitative estimate of drug-likeness (QED) is 0.322. The summed E-state index contributed by atoms with van der Waals surface area (Å²) in [6.07, 6.45) is 1.03. The van der Waals surface area contributed by atoms with E-state index in [2.05, 4.69) is 16.0 Å². The van der Waals surface area contributed by atoms with Crippen LogP contribution in [-0.4, -0.2) is 23.0 Å². The third-order valence-corrected chi connectivity index (χ3v) is 2.45. The predicted octanol–water partition coefficient (Wildman–Crippen LogP) is 0.781. The number of carbonyl (C=O) groups is 2. The van der Waals surface area contributed by atoms with E-state index >= 15 is 0 Å². The summed E-state index contributed by atoms with van der Waals surface area (Å²) in [5.41, 5.74) is 7.27. The zero-order valence-electron chi connectivity index (χ0n) is 11.6. The van der Waals surface area contributed by atoms with Gasteiger partial charge in [0, 0.05) is 0 Å². The lowest BCUT2D eigenvalue weighted by Gasteiger charge is -2.06. The van der Waals surface area contributed by atoms with Crippen molar-refractivity contribution >= 4 is 29.6 Å². The summed E-state index contributed by atoms with van der Waals surface area (Å²) in [7, 11) is 0. The van der Waals surface area contributed by atoms with Gasteiger partial charge in [0.2, 0.25) is 0 Å². The van der Waals surface area contributed by atoms with E-state index in [1.165, 1.54) is 6.07 Å². The minimum absolute atomic E-state index is 0.0554. The Balaban J connectivity index is 1.80. The summed E-state index contributed by atoms with van der Waals surface area (Å²) < 4.78 is 4.78. The molecule has 2 amide bonds. The van der Waals surface area contributed by atoms with Crippen LogP contribution in [0.4, 0.5) is 11.6 Å². The summed E-state index contributed by atoms with van der Waals surface area (Å²) in [5, 5.41) is 13.9. The van der Waals surface area contributed by atoms with Gasteiger partial charge in [0.05, 0.1) is 18.0 Å². The van der Waals surface area contributed by atoms with Gasteiger partial charge in [-0.3, -0.25) is 30.6 Å². The molecule has 0 unspecified atom stereocenters. The van der Waals surface area contributed by atoms with Crippen LogP contribution in [0.2, 0.25) is 0 Å². The van der Waals surface area contributed by atoms with Crippen LogP contribution in [0.3, 0.4) is 0 Å². The fraction of sp³-hybridized carbons (Fsp3) is 0. The van der Waals surface area contributed by atoms with E-state index in [1.54, 1.807) is 30.3 Å². The van der Waals surface area contributed by atoms with E-state index in [9.17, 15) is 19.7 Å². The molecule has 118 valence electrons. The molecule has 23 heavy (non-hydrogen) atoms. The van der Waals surface area contributed by atoms with Gasteiger partial charge in [-0.1, -0.05) is 18.2 Å². The van der Waals surface area contributed by atoms with Gasteiger partial charge in [0.25, 0.3) is 0 Å². The number of anilines is 1. The molecule has 3 N–H and O–H groups in total. The van der Waals surface area contributed by atoms with Crippen LogP contribution in [0.1, 0.15) is 5.76 Å². The van der Waals surface area contributed by atoms with E-state index in [1.807, 2.05) is 5.43 Å². The van der Waals surface area contributed by atoms with E-state index < -0.39 is 22.6 Å². The van der Waals surface area contributed by atoms with Gasteiger partial charge < -0.3 is 4.42 Å². The maximum absolute atomic E-state index is 11.5. The molecule has 0 aliphatic carbocycles. The molecule has 10 nitrogen and oxygen atoms in total. The molecule has 1 aromatic carbocycles. The highest BCUT2D eigenvalue weighted by atomic mass is 16.6. The van der Waals surface area contributed by atoms with Gasteiger partial charge in [0.15, 0.2) is 5.76 Å². The number of nitrogens with zero attached hydrogens (tertiary/aromatic N) is 2. The lowest BCUT2D eigenvalue weighted by molar-refractivity contribution is -0.402. The van der Waals surface area contributed by atoms with Gasteiger partial charge in [-0.05, 0) is 18.2 Å². The molecule has 0 bridgehead atoms. The van der Waals surface area contributed by atoms with E-state index in [4.69, 9.17) is 4.42 Å². The van der Waals surface area contributed by atoms with Crippen molar-refractivity contribution in [3.63, 3.8) is 0 Å². The molecule has 0 aliphatic rings. The Hall–Kier alpha value is -3.69. The zero-order chi connectivity index (χ0) is 16.7. The number of hydrazone groups is 1. The Kier molecular flexibility index (Phi) is 5.02. The van der Waals surface area contributed by atoms with E-state index in [0.29, 0.717) is 5.69 Å². The molecule has 2 rings (SSSR count). The average molecular weight is 317 g/mol. The van der Waals surface area contributed by atoms with Crippen LogP contribution in [0.25, 0.3) is 0 Å². The van der Waals surface area contributed by atoms with Crippen LogP contribution in [0.15, 0.2) is 52.0 Å². The van der Waals surface area contributed by atoms with Crippen LogP contribution in [-0.2, 0) is 9.59 Å². The molecule has 0 fully saturated rings. The molecule has 1 heterocycles. The minimum atomic E-state index is -1.02. The second-order valence-electron chi connectivity index (χ2n) is 4.08. The van der Waals surface area contributed by atoms with Crippen LogP contribution < -0.4 is 16.3 Å². The first-order chi connectivity index (χ1) is 11.1. The predicted molar refractivity (Wildman–Crippen MR) is 79.3 cm³/mol. The largest absolute Gasteiger partial charge is 0.433 e. The summed E-state index contributed by atoms with van der Waals surface area (Å²) in [6.45, 7) is 0. The number of carbonyl (C=O) groups excluding carboxylic acids is 2. The third kappa shape index (κ3) is 4.67. The number of nitrogens with one attached hydrogen (secondary N) is 3. The summed E-state index contributed by atoms with van der Waals surface area (Å²) in [5.74, 6) is -2.38. The van der Waals surface area contributed by atoms with E-state index in [0.717, 1.165) is 12.3 Å². The van der Waals surface area contributed by atoms with Crippen molar-refractivity contribution in [2.24, 2.45) is 5.10 Å². The van der Waals surface area contributed by atoms with E-state index in [-0.39, 0.29) is 5.76 Å². The molecule has 0 atom stereocenters. The van der Waals surface area contributed by atoms with Crippen molar-refractivity contribution in [3.8, 4) is 0 Å². The van der Waals surface area contributed by atoms with Gasteiger partial charge in [-0.25, -0.2) is 5.43 Å². The van der Waals surface area contributed by atoms with Gasteiger partial charge in [-0.15, -0.1) is 0 Å². The van der Waals surface area contributed by atoms with Crippen molar-refractivity contribution < 1.29 is 18.9 Å². The summed E-state index contributed by atoms with van der Waals surface area (Å²) in [6, 6.07) is 11.1. The Morgan fingerprint density at radius 2 is 1.87 bits per heavy atom. The number of nitro groups is 1. The summed E-state index contributed by atoms with van der Waals surface area (Å²) >= 11 is 0. The number of furan rings is 1. The Morgan fingerprint density at radius 3 is 2.52 bits per heavy atom. The highest BCUT2D eigenvalue weighted by molar-refractivity contribution is 6.35. The first-order valence-electron chi connectivity index (χ1n) is 6.25. The monoisotopic (exact) mass is 317 g/mol. The van der Waals surface area contributed by atoms with Crippen molar-refractivity contribution in [2.45, 2.75) is 0 Å². The molecule has 0 saturated carbocycles. The Labute approximate surface area is 129 Å². The molecule has 2 aromatic rings. The Bertz CT molecular complexity index is 740. The highest BCUT2D eigenvalue weighted by Gasteiger charge is 2.13. The van der Waals surface area contributed by atoms with Crippen molar-refractivity contribution in [1.29, 1.82) is 0 Å². The fourth-order valence-corrected chi connectivity index (χ4v) is 1.42. The number of rotatable bonds is 5. The SMILES string of the molecule is O=C(N/N=C/c1ccc([N+](=O)[O-])o1)C(=O)NNc1ccccc1. The van der Waals surface area contributed by atoms with Crippen LogP contribution in [0.5, 0.6) is 0 Å². The van der Waals surface area contributed by atoms with Gasteiger partial charge in [0.1, 0.15) is 4.92 Å². The number of hydrogen-bond acceptors (Lipinski definition) is 7. The number of benzene rings is 1. The number of para-hydroxylation sites is 1. The molecule has 0 radical (unpaired) electrons. The second kappa shape index (κ2) is 7.36. The maximum atomic E-state index is 11.5. The average Bonchev–Trinajstić information content (AvgIpc) is 3.02. The molecule has 1 aromatic heterocycles. The normalized spacial score (nSPS) is 10.3. The lowest BCUT2D eigenvalue weighted by Crippen LogP contribution is -2.40. The smallest absolute Gasteiger partial charge is 0.400 e. The zero-order valence-corrected chi connectivity index (χ0v) is 11.6. The first-order valence-corrected chi connectivity index (χ1v) is 6.25. The molecule has 0 aliphatic heterocycles. The number of hydrogen-bond donors (Lipinski definition) is 3. The van der Waals surface area contributed by atoms with Crippen LogP contribution in [0, 0.1) is 10.1 Å². The maximum Gasteiger partial charge on any atom is 0.433 e. The molecule has 0 saturated heterocycles. The number of hydrazine groups is 1. The molecular formula is C13H11N5O5.